The molecule has 0 fully saturated rings. The zero-order chi connectivity index (χ0) is 31.9. The summed E-state index contributed by atoms with van der Waals surface area (Å²) in [6.45, 7) is 6.52. The van der Waals surface area contributed by atoms with Gasteiger partial charge in [-0.1, -0.05) is 84.4 Å². The third-order valence-electron chi connectivity index (χ3n) is 7.00. The molecule has 1 atom stereocenters. The minimum absolute atomic E-state index is 0.0142. The largest absolute Gasteiger partial charge is 0.350 e. The van der Waals surface area contributed by atoms with Crippen molar-refractivity contribution >= 4 is 27.5 Å². The molecule has 230 valence electrons. The Labute approximate surface area is 259 Å². The smallest absolute Gasteiger partial charge is 0.264 e. The van der Waals surface area contributed by atoms with E-state index in [1.165, 1.54) is 23.1 Å². The second kappa shape index (κ2) is 13.9. The minimum Gasteiger partial charge on any atom is -0.350 e. The average Bonchev–Trinajstić information content (AvgIpc) is 2.99. The quantitative estimate of drug-likeness (QED) is 0.228. The third-order valence-corrected chi connectivity index (χ3v) is 8.79. The molecule has 4 aromatic carbocycles. The van der Waals surface area contributed by atoms with Crippen LogP contribution >= 0.6 is 0 Å². The lowest BCUT2D eigenvalue weighted by Gasteiger charge is -2.35. The molecule has 0 aromatic heterocycles. The van der Waals surface area contributed by atoms with Crippen molar-refractivity contribution in [1.29, 1.82) is 0 Å². The predicted molar refractivity (Wildman–Crippen MR) is 171 cm³/mol. The van der Waals surface area contributed by atoms with Crippen molar-refractivity contribution < 1.29 is 22.4 Å². The summed E-state index contributed by atoms with van der Waals surface area (Å²) in [6, 6.07) is 28.9. The fraction of sp³-hybridized carbons (Fsp3) is 0.257. The van der Waals surface area contributed by atoms with Gasteiger partial charge in [-0.05, 0) is 63.6 Å². The van der Waals surface area contributed by atoms with Gasteiger partial charge in [0, 0.05) is 24.1 Å². The Morgan fingerprint density at radius 1 is 0.818 bits per heavy atom. The third kappa shape index (κ3) is 8.32. The first kappa shape index (κ1) is 32.4. The number of hydrogen-bond acceptors (Lipinski definition) is 4. The number of anilines is 1. The number of amides is 2. The van der Waals surface area contributed by atoms with Gasteiger partial charge in [0.1, 0.15) is 18.4 Å². The summed E-state index contributed by atoms with van der Waals surface area (Å²) in [5.41, 5.74) is 1.58. The van der Waals surface area contributed by atoms with Crippen LogP contribution in [-0.2, 0) is 32.6 Å². The topological polar surface area (TPSA) is 86.8 Å². The summed E-state index contributed by atoms with van der Waals surface area (Å²) in [5, 5.41) is 2.96. The van der Waals surface area contributed by atoms with E-state index in [1.807, 2.05) is 58.0 Å². The first-order valence-corrected chi connectivity index (χ1v) is 15.8. The summed E-state index contributed by atoms with van der Waals surface area (Å²) in [7, 11) is -4.20. The Hall–Kier alpha value is -4.50. The molecule has 0 aliphatic carbocycles. The summed E-state index contributed by atoms with van der Waals surface area (Å²) in [6.07, 6.45) is 0.138. The van der Waals surface area contributed by atoms with Crippen molar-refractivity contribution in [3.8, 4) is 0 Å². The number of nitrogens with one attached hydrogen (secondary N) is 1. The highest BCUT2D eigenvalue weighted by Gasteiger charge is 2.36. The monoisotopic (exact) mass is 615 g/mol. The average molecular weight is 616 g/mol. The van der Waals surface area contributed by atoms with E-state index >= 15 is 4.39 Å². The van der Waals surface area contributed by atoms with E-state index in [9.17, 15) is 18.0 Å². The number of sulfonamides is 1. The van der Waals surface area contributed by atoms with E-state index in [4.69, 9.17) is 0 Å². The van der Waals surface area contributed by atoms with Gasteiger partial charge in [0.2, 0.25) is 11.8 Å². The highest BCUT2D eigenvalue weighted by molar-refractivity contribution is 7.92. The number of nitrogens with zero attached hydrogens (tertiary/aromatic N) is 2. The minimum atomic E-state index is -4.20. The molecule has 0 unspecified atom stereocenters. The van der Waals surface area contributed by atoms with Gasteiger partial charge >= 0.3 is 0 Å². The standard InChI is InChI=1S/C35H38FN3O4S/c1-26-19-21-29(22-20-26)39(44(42,43)30-16-9-6-10-17-30)25-33(40)38(24-28-15-11-12-18-31(28)36)32(34(41)37-35(2,3)4)23-27-13-7-5-8-14-27/h5-22,32H,23-25H2,1-4H3,(H,37,41)/t32-/m1/s1. The summed E-state index contributed by atoms with van der Waals surface area (Å²) < 4.78 is 44.0. The molecule has 0 bridgehead atoms. The zero-order valence-electron chi connectivity index (χ0n) is 25.4. The van der Waals surface area contributed by atoms with E-state index in [1.54, 1.807) is 60.7 Å². The fourth-order valence-electron chi connectivity index (χ4n) is 4.78. The van der Waals surface area contributed by atoms with Gasteiger partial charge < -0.3 is 10.2 Å². The Balaban J connectivity index is 1.82. The number of carbonyl (C=O) groups is 2. The number of halogens is 1. The van der Waals surface area contributed by atoms with E-state index in [0.717, 1.165) is 15.4 Å². The summed E-state index contributed by atoms with van der Waals surface area (Å²) in [5.74, 6) is -1.62. The highest BCUT2D eigenvalue weighted by Crippen LogP contribution is 2.26. The van der Waals surface area contributed by atoms with Crippen LogP contribution in [0, 0.1) is 12.7 Å². The molecule has 0 aliphatic rings. The first-order chi connectivity index (χ1) is 20.8. The molecule has 7 nitrogen and oxygen atoms in total. The van der Waals surface area contributed by atoms with Gasteiger partial charge in [-0.25, -0.2) is 12.8 Å². The Morgan fingerprint density at radius 2 is 1.39 bits per heavy atom. The molecule has 9 heteroatoms. The van der Waals surface area contributed by atoms with Crippen molar-refractivity contribution in [2.24, 2.45) is 0 Å². The lowest BCUT2D eigenvalue weighted by Crippen LogP contribution is -2.56. The number of hydrogen-bond donors (Lipinski definition) is 1. The lowest BCUT2D eigenvalue weighted by atomic mass is 10.0. The lowest BCUT2D eigenvalue weighted by molar-refractivity contribution is -0.140. The van der Waals surface area contributed by atoms with Gasteiger partial charge in [-0.2, -0.15) is 0 Å². The molecule has 1 N–H and O–H groups in total. The van der Waals surface area contributed by atoms with Gasteiger partial charge in [-0.3, -0.25) is 13.9 Å². The molecular formula is C35H38FN3O4S. The van der Waals surface area contributed by atoms with Crippen LogP contribution < -0.4 is 9.62 Å². The predicted octanol–water partition coefficient (Wildman–Crippen LogP) is 5.88. The Bertz CT molecular complexity index is 1670. The molecule has 0 saturated heterocycles. The van der Waals surface area contributed by atoms with Crippen LogP contribution in [0.4, 0.5) is 10.1 Å². The van der Waals surface area contributed by atoms with Gasteiger partial charge in [-0.15, -0.1) is 0 Å². The van der Waals surface area contributed by atoms with Crippen LogP contribution in [0.25, 0.3) is 0 Å². The van der Waals surface area contributed by atoms with Crippen molar-refractivity contribution in [2.75, 3.05) is 10.8 Å². The molecule has 0 aliphatic heterocycles. The number of benzene rings is 4. The van der Waals surface area contributed by atoms with Crippen molar-refractivity contribution in [1.82, 2.24) is 10.2 Å². The molecule has 0 saturated carbocycles. The maximum atomic E-state index is 15.0. The van der Waals surface area contributed by atoms with Crippen LogP contribution in [0.15, 0.2) is 114 Å². The van der Waals surface area contributed by atoms with E-state index in [-0.39, 0.29) is 29.1 Å². The molecule has 0 spiro atoms. The van der Waals surface area contributed by atoms with Crippen LogP contribution in [0.1, 0.15) is 37.5 Å². The molecule has 4 rings (SSSR count). The summed E-state index contributed by atoms with van der Waals surface area (Å²) >= 11 is 0. The Kier molecular flexibility index (Phi) is 10.2. The molecule has 4 aromatic rings. The molecule has 2 amide bonds. The fourth-order valence-corrected chi connectivity index (χ4v) is 6.21. The molecule has 44 heavy (non-hydrogen) atoms. The first-order valence-electron chi connectivity index (χ1n) is 14.4. The molecule has 0 heterocycles. The van der Waals surface area contributed by atoms with Gasteiger partial charge in [0.25, 0.3) is 10.0 Å². The summed E-state index contributed by atoms with van der Waals surface area (Å²) in [4.78, 5) is 29.6. The van der Waals surface area contributed by atoms with E-state index in [2.05, 4.69) is 5.32 Å². The highest BCUT2D eigenvalue weighted by atomic mass is 32.2. The zero-order valence-corrected chi connectivity index (χ0v) is 26.2. The van der Waals surface area contributed by atoms with Crippen LogP contribution in [0.3, 0.4) is 0 Å². The second-order valence-corrected chi connectivity index (χ2v) is 13.6. The van der Waals surface area contributed by atoms with Crippen molar-refractivity contribution in [3.05, 3.63) is 132 Å². The molecular weight excluding hydrogens is 577 g/mol. The van der Waals surface area contributed by atoms with Crippen LogP contribution in [-0.4, -0.2) is 43.3 Å². The maximum Gasteiger partial charge on any atom is 0.264 e. The van der Waals surface area contributed by atoms with Crippen molar-refractivity contribution in [3.63, 3.8) is 0 Å². The van der Waals surface area contributed by atoms with Gasteiger partial charge in [0.05, 0.1) is 10.6 Å². The second-order valence-electron chi connectivity index (χ2n) is 11.7. The number of aryl methyl sites for hydroxylation is 1. The normalized spacial score (nSPS) is 12.3. The van der Waals surface area contributed by atoms with E-state index in [0.29, 0.717) is 0 Å². The van der Waals surface area contributed by atoms with Gasteiger partial charge in [0.15, 0.2) is 0 Å². The van der Waals surface area contributed by atoms with E-state index < -0.39 is 45.8 Å². The Morgan fingerprint density at radius 3 is 1.98 bits per heavy atom. The van der Waals surface area contributed by atoms with Crippen LogP contribution in [0.5, 0.6) is 0 Å². The molecule has 0 radical (unpaired) electrons. The van der Waals surface area contributed by atoms with Crippen molar-refractivity contribution in [2.45, 2.75) is 57.1 Å². The maximum absolute atomic E-state index is 15.0. The SMILES string of the molecule is Cc1ccc(N(CC(=O)N(Cc2ccccc2F)[C@H](Cc2ccccc2)C(=O)NC(C)(C)C)S(=O)(=O)c2ccccc2)cc1. The number of rotatable bonds is 11. The van der Waals surface area contributed by atoms with Crippen LogP contribution in [0.2, 0.25) is 0 Å². The number of carbonyl (C=O) groups excluding carboxylic acids is 2.